The highest BCUT2D eigenvalue weighted by atomic mass is 35.8. The smallest absolute Gasteiger partial charge is 0.150 e. The van der Waals surface area contributed by atoms with Gasteiger partial charge >= 0.3 is 6.00 Å². The summed E-state index contributed by atoms with van der Waals surface area (Å²) in [7, 11) is -1.43. The van der Waals surface area contributed by atoms with Gasteiger partial charge < -0.3 is 0 Å². The van der Waals surface area contributed by atoms with Crippen LogP contribution in [0.4, 0.5) is 0 Å². The minimum absolute atomic E-state index is 0.715. The van der Waals surface area contributed by atoms with Gasteiger partial charge in [0.1, 0.15) is 0 Å². The van der Waals surface area contributed by atoms with Crippen molar-refractivity contribution in [2.75, 3.05) is 0 Å². The topological polar surface area (TPSA) is 0 Å². The van der Waals surface area contributed by atoms with Gasteiger partial charge in [-0.3, -0.25) is 0 Å². The number of rotatable bonds is 5. The summed E-state index contributed by atoms with van der Waals surface area (Å²) in [6.45, 7) is 0. The maximum absolute atomic E-state index is 5.66. The van der Waals surface area contributed by atoms with E-state index >= 15 is 0 Å². The zero-order chi connectivity index (χ0) is 8.91. The first-order chi connectivity index (χ1) is 4.92. The van der Waals surface area contributed by atoms with E-state index in [0.717, 1.165) is 18.9 Å². The van der Waals surface area contributed by atoms with Crippen molar-refractivity contribution in [2.24, 2.45) is 0 Å². The van der Waals surface area contributed by atoms with Gasteiger partial charge in [-0.05, 0) is 12.1 Å². The third-order valence-corrected chi connectivity index (χ3v) is 5.91. The highest BCUT2D eigenvalue weighted by Crippen LogP contribution is 2.27. The van der Waals surface area contributed by atoms with Crippen LogP contribution in [0.2, 0.25) is 12.1 Å². The maximum Gasteiger partial charge on any atom is 0.341 e. The molecule has 0 rings (SSSR count). The van der Waals surface area contributed by atoms with Crippen LogP contribution in [0.5, 0.6) is 0 Å². The van der Waals surface area contributed by atoms with Crippen molar-refractivity contribution in [3.8, 4) is 0 Å². The fraction of sp³-hybridized carbons (Fsp3) is 1.00. The Hall–Kier alpha value is 1.88. The lowest BCUT2D eigenvalue weighted by molar-refractivity contribution is 0.875. The number of hydrogen-bond donors (Lipinski definition) is 0. The summed E-state index contributed by atoms with van der Waals surface area (Å²) >= 11 is 28.3. The minimum Gasteiger partial charge on any atom is -0.150 e. The highest BCUT2D eigenvalue weighted by molar-refractivity contribution is 7.64. The Bertz CT molecular complexity index is 101. The molecule has 0 aliphatic carbocycles. The molecule has 0 spiro atoms. The Morgan fingerprint density at radius 1 is 1.00 bits per heavy atom. The Balaban J connectivity index is 3.15. The summed E-state index contributed by atoms with van der Waals surface area (Å²) in [5.41, 5.74) is 0. The molecule has 0 aromatic heterocycles. The molecule has 0 saturated heterocycles. The lowest BCUT2D eigenvalue weighted by Crippen LogP contribution is -2.08. The van der Waals surface area contributed by atoms with E-state index in [9.17, 15) is 0 Å². The number of hydrogen-bond acceptors (Lipinski definition) is 0. The summed E-state index contributed by atoms with van der Waals surface area (Å²) in [4.78, 5) is 0. The van der Waals surface area contributed by atoms with E-state index in [0.29, 0.717) is 6.04 Å². The Morgan fingerprint density at radius 3 is 1.91 bits per heavy atom. The van der Waals surface area contributed by atoms with Crippen LogP contribution < -0.4 is 0 Å². The van der Waals surface area contributed by atoms with Gasteiger partial charge in [0.25, 0.3) is 0 Å². The van der Waals surface area contributed by atoms with Crippen molar-refractivity contribution in [2.45, 2.75) is 24.9 Å². The van der Waals surface area contributed by atoms with Crippen molar-refractivity contribution in [1.29, 1.82) is 0 Å². The van der Waals surface area contributed by atoms with Crippen LogP contribution in [-0.2, 0) is 0 Å². The zero-order valence-electron chi connectivity index (χ0n) is 5.80. The van der Waals surface area contributed by atoms with Crippen LogP contribution in [0.3, 0.4) is 0 Å². The third kappa shape index (κ3) is 11.9. The first kappa shape index (κ1) is 12.9. The molecule has 0 bridgehead atoms. The highest BCUT2D eigenvalue weighted by Gasteiger charge is 2.23. The van der Waals surface area contributed by atoms with E-state index in [-0.39, 0.29) is 0 Å². The predicted molar refractivity (Wildman–Crippen MR) is 61.0 cm³/mol. The van der Waals surface area contributed by atoms with E-state index in [4.69, 9.17) is 55.4 Å². The fourth-order valence-corrected chi connectivity index (χ4v) is 4.00. The van der Waals surface area contributed by atoms with Crippen molar-refractivity contribution in [3.63, 3.8) is 0 Å². The summed E-state index contributed by atoms with van der Waals surface area (Å²) in [5.74, 6) is 0. The van der Waals surface area contributed by atoms with Crippen LogP contribution in [0, 0.1) is 0 Å². The molecule has 0 nitrogen and oxygen atoms in total. The second-order valence-electron chi connectivity index (χ2n) is 2.25. The van der Waals surface area contributed by atoms with Crippen LogP contribution in [-0.4, -0.2) is 13.4 Å². The molecule has 0 fully saturated rings. The first-order valence-corrected chi connectivity index (χ1v) is 12.8. The molecule has 0 amide bonds. The average molecular weight is 291 g/mol. The Morgan fingerprint density at radius 2 is 1.55 bits per heavy atom. The van der Waals surface area contributed by atoms with Crippen molar-refractivity contribution in [1.82, 2.24) is 0 Å². The van der Waals surface area contributed by atoms with Gasteiger partial charge in [-0.15, -0.1) is 33.2 Å². The normalized spacial score (nSPS) is 12.5. The van der Waals surface area contributed by atoms with E-state index in [1.807, 2.05) is 0 Å². The molecule has 0 aliphatic rings. The van der Waals surface area contributed by atoms with Crippen molar-refractivity contribution in [3.05, 3.63) is 0 Å². The van der Waals surface area contributed by atoms with Crippen LogP contribution in [0.1, 0.15) is 12.8 Å². The number of halogens is 5. The van der Waals surface area contributed by atoms with Gasteiger partial charge in [0.05, 0.1) is 0 Å². The van der Waals surface area contributed by atoms with Crippen LogP contribution in [0.15, 0.2) is 0 Å². The van der Waals surface area contributed by atoms with Crippen molar-refractivity contribution < 1.29 is 0 Å². The molecular weight excluding hydrogens is 281 g/mol. The van der Waals surface area contributed by atoms with E-state index in [2.05, 4.69) is 0 Å². The van der Waals surface area contributed by atoms with Gasteiger partial charge in [-0.2, -0.15) is 22.2 Å². The van der Waals surface area contributed by atoms with E-state index in [1.165, 1.54) is 0 Å². The molecule has 0 N–H and O–H groups in total. The van der Waals surface area contributed by atoms with Crippen LogP contribution >= 0.6 is 55.4 Å². The van der Waals surface area contributed by atoms with Crippen LogP contribution in [0.25, 0.3) is 0 Å². The monoisotopic (exact) mass is 288 g/mol. The third-order valence-electron chi connectivity index (χ3n) is 1.13. The predicted octanol–water partition coefficient (Wildman–Crippen LogP) is 4.12. The largest absolute Gasteiger partial charge is 0.341 e. The fourth-order valence-electron chi connectivity index (χ4n) is 0.624. The summed E-state index contributed by atoms with van der Waals surface area (Å²) < 4.78 is 0. The molecule has 0 radical (unpaired) electrons. The first-order valence-electron chi connectivity index (χ1n) is 3.27. The maximum atomic E-state index is 5.66. The standard InChI is InChI=1S/C4H9Cl5Si2/c5-10(6)3-1-2-4-11(7,8)9/h10H,1-4H2. The second kappa shape index (κ2) is 6.35. The molecule has 68 valence electrons. The Labute approximate surface area is 93.2 Å². The molecule has 0 aliphatic heterocycles. The average Bonchev–Trinajstić information content (AvgIpc) is 1.78. The SMILES string of the molecule is Cl[SiH](Cl)CCCC[Si](Cl)(Cl)Cl. The summed E-state index contributed by atoms with van der Waals surface area (Å²) in [5, 5.41) is 0. The van der Waals surface area contributed by atoms with Gasteiger partial charge in [-0.25, -0.2) is 0 Å². The molecule has 0 atom stereocenters. The Kier molecular flexibility index (Phi) is 7.44. The lowest BCUT2D eigenvalue weighted by atomic mass is 10.4. The molecule has 0 saturated carbocycles. The molecular formula is C4H9Cl5Si2. The minimum atomic E-state index is -2.38. The summed E-state index contributed by atoms with van der Waals surface area (Å²) in [6, 6.07) is -0.754. The quantitative estimate of drug-likeness (QED) is 0.406. The molecule has 7 heteroatoms. The molecule has 0 heterocycles. The molecule has 0 unspecified atom stereocenters. The van der Waals surface area contributed by atoms with Crippen molar-refractivity contribution >= 4 is 68.8 Å². The van der Waals surface area contributed by atoms with Gasteiger partial charge in [-0.1, -0.05) is 12.8 Å². The van der Waals surface area contributed by atoms with Gasteiger partial charge in [0.15, 0.2) is 0 Å². The molecule has 0 aromatic rings. The van der Waals surface area contributed by atoms with E-state index < -0.39 is 13.4 Å². The molecule has 11 heavy (non-hydrogen) atoms. The van der Waals surface area contributed by atoms with Gasteiger partial charge in [0, 0.05) is 0 Å². The molecule has 0 aromatic carbocycles. The number of unbranched alkanes of at least 4 members (excludes halogenated alkanes) is 1. The summed E-state index contributed by atoms with van der Waals surface area (Å²) in [6.07, 6.45) is 1.93. The second-order valence-corrected chi connectivity index (χ2v) is 16.7. The van der Waals surface area contributed by atoms with E-state index in [1.54, 1.807) is 0 Å². The van der Waals surface area contributed by atoms with Gasteiger partial charge in [0.2, 0.25) is 7.42 Å². The zero-order valence-corrected chi connectivity index (χ0v) is 11.7. The lowest BCUT2D eigenvalue weighted by Gasteiger charge is -2.06.